The van der Waals surface area contributed by atoms with Crippen LogP contribution in [0.25, 0.3) is 10.9 Å². The molecular weight excluding hydrogens is 388 g/mol. The molecule has 1 N–H and O–H groups in total. The summed E-state index contributed by atoms with van der Waals surface area (Å²) >= 11 is 0. The van der Waals surface area contributed by atoms with Crippen molar-refractivity contribution < 1.29 is 4.79 Å². The van der Waals surface area contributed by atoms with Crippen LogP contribution >= 0.6 is 0 Å². The second kappa shape index (κ2) is 9.33. The molecule has 1 aliphatic carbocycles. The van der Waals surface area contributed by atoms with Crippen molar-refractivity contribution in [2.45, 2.75) is 51.9 Å². The van der Waals surface area contributed by atoms with E-state index in [1.54, 1.807) is 6.07 Å². The molecule has 0 atom stereocenters. The van der Waals surface area contributed by atoms with E-state index in [4.69, 9.17) is 4.98 Å². The van der Waals surface area contributed by atoms with Gasteiger partial charge in [-0.25, -0.2) is 9.66 Å². The van der Waals surface area contributed by atoms with E-state index in [1.165, 1.54) is 11.1 Å². The molecule has 6 heteroatoms. The summed E-state index contributed by atoms with van der Waals surface area (Å²) in [6.07, 6.45) is 5.42. The third kappa shape index (κ3) is 4.33. The van der Waals surface area contributed by atoms with Gasteiger partial charge in [0.1, 0.15) is 5.82 Å². The molecule has 31 heavy (non-hydrogen) atoms. The van der Waals surface area contributed by atoms with Crippen LogP contribution in [-0.2, 0) is 0 Å². The lowest BCUT2D eigenvalue weighted by Gasteiger charge is -2.24. The van der Waals surface area contributed by atoms with Gasteiger partial charge in [-0.2, -0.15) is 0 Å². The first-order chi connectivity index (χ1) is 15.1. The average Bonchev–Trinajstić information content (AvgIpc) is 2.82. The number of hydrogen-bond acceptors (Lipinski definition) is 4. The molecule has 0 aliphatic heterocycles. The SMILES string of the molecule is CCN(CC)c1ccc(C(=O)Nn2c(C3CCCCC3)nc3ccccc3c2=O)cc1. The van der Waals surface area contributed by atoms with E-state index < -0.39 is 0 Å². The molecule has 2 aromatic carbocycles. The molecule has 1 saturated carbocycles. The molecule has 1 aliphatic rings. The topological polar surface area (TPSA) is 67.2 Å². The molecule has 1 aromatic heterocycles. The van der Waals surface area contributed by atoms with Crippen molar-refractivity contribution in [3.05, 3.63) is 70.3 Å². The van der Waals surface area contributed by atoms with E-state index >= 15 is 0 Å². The van der Waals surface area contributed by atoms with Crippen molar-refractivity contribution in [3.63, 3.8) is 0 Å². The lowest BCUT2D eigenvalue weighted by atomic mass is 9.88. The smallest absolute Gasteiger partial charge is 0.280 e. The van der Waals surface area contributed by atoms with E-state index in [9.17, 15) is 9.59 Å². The standard InChI is InChI=1S/C25H30N4O2/c1-3-28(4-2)20-16-14-19(15-17-20)24(30)27-29-23(18-10-6-5-7-11-18)26-22-13-9-8-12-21(22)25(29)31/h8-9,12-18H,3-7,10-11H2,1-2H3,(H,27,30). The number of carbonyl (C=O) groups excluding carboxylic acids is 1. The van der Waals surface area contributed by atoms with Gasteiger partial charge in [-0.1, -0.05) is 31.4 Å². The molecule has 3 aromatic rings. The van der Waals surface area contributed by atoms with E-state index in [2.05, 4.69) is 24.2 Å². The average molecular weight is 419 g/mol. The Morgan fingerprint density at radius 1 is 1.03 bits per heavy atom. The van der Waals surface area contributed by atoms with Crippen LogP contribution in [0.15, 0.2) is 53.3 Å². The Morgan fingerprint density at radius 3 is 2.39 bits per heavy atom. The van der Waals surface area contributed by atoms with Crippen LogP contribution in [0.3, 0.4) is 0 Å². The Hall–Kier alpha value is -3.15. The second-order valence-corrected chi connectivity index (χ2v) is 8.12. The van der Waals surface area contributed by atoms with Crippen LogP contribution in [0.5, 0.6) is 0 Å². The fraction of sp³-hybridized carbons (Fsp3) is 0.400. The fourth-order valence-electron chi connectivity index (χ4n) is 4.47. The van der Waals surface area contributed by atoms with Gasteiger partial charge < -0.3 is 4.90 Å². The van der Waals surface area contributed by atoms with Crippen LogP contribution in [-0.4, -0.2) is 28.7 Å². The summed E-state index contributed by atoms with van der Waals surface area (Å²) < 4.78 is 1.39. The van der Waals surface area contributed by atoms with Crippen LogP contribution in [0.4, 0.5) is 5.69 Å². The minimum atomic E-state index is -0.303. The first-order valence-corrected chi connectivity index (χ1v) is 11.3. The van der Waals surface area contributed by atoms with Crippen molar-refractivity contribution in [1.29, 1.82) is 0 Å². The van der Waals surface area contributed by atoms with Crippen molar-refractivity contribution in [2.24, 2.45) is 0 Å². The molecule has 1 amide bonds. The summed E-state index contributed by atoms with van der Waals surface area (Å²) in [6.45, 7) is 6.03. The van der Waals surface area contributed by atoms with Crippen LogP contribution < -0.4 is 15.9 Å². The Kier molecular flexibility index (Phi) is 6.35. The summed E-state index contributed by atoms with van der Waals surface area (Å²) in [5.74, 6) is 0.537. The molecule has 6 nitrogen and oxygen atoms in total. The Morgan fingerprint density at radius 2 is 1.71 bits per heavy atom. The maximum atomic E-state index is 13.3. The minimum absolute atomic E-state index is 0.177. The first kappa shape index (κ1) is 21.1. The molecule has 0 unspecified atom stereocenters. The predicted octanol–water partition coefficient (Wildman–Crippen LogP) is 4.67. The van der Waals surface area contributed by atoms with Gasteiger partial charge in [0, 0.05) is 30.3 Å². The largest absolute Gasteiger partial charge is 0.372 e. The summed E-state index contributed by atoms with van der Waals surface area (Å²) in [7, 11) is 0. The summed E-state index contributed by atoms with van der Waals surface area (Å²) in [6, 6.07) is 14.9. The number of hydrogen-bond donors (Lipinski definition) is 1. The second-order valence-electron chi connectivity index (χ2n) is 8.12. The van der Waals surface area contributed by atoms with Crippen LogP contribution in [0.2, 0.25) is 0 Å². The van der Waals surface area contributed by atoms with E-state index in [0.717, 1.165) is 44.5 Å². The Balaban J connectivity index is 1.69. The quantitative estimate of drug-likeness (QED) is 0.631. The zero-order valence-corrected chi connectivity index (χ0v) is 18.3. The third-order valence-electron chi connectivity index (χ3n) is 6.24. The number of anilines is 1. The van der Waals surface area contributed by atoms with Gasteiger partial charge in [-0.15, -0.1) is 0 Å². The molecule has 1 fully saturated rings. The highest BCUT2D eigenvalue weighted by Crippen LogP contribution is 2.31. The van der Waals surface area contributed by atoms with Crippen molar-refractivity contribution >= 4 is 22.5 Å². The molecule has 0 bridgehead atoms. The molecule has 1 heterocycles. The first-order valence-electron chi connectivity index (χ1n) is 11.3. The Bertz CT molecular complexity index is 1110. The lowest BCUT2D eigenvalue weighted by Crippen LogP contribution is -2.37. The molecular formula is C25H30N4O2. The predicted molar refractivity (Wildman–Crippen MR) is 126 cm³/mol. The van der Waals surface area contributed by atoms with E-state index in [1.807, 2.05) is 42.5 Å². The maximum absolute atomic E-state index is 13.3. The number of aromatic nitrogens is 2. The maximum Gasteiger partial charge on any atom is 0.280 e. The highest BCUT2D eigenvalue weighted by atomic mass is 16.2. The van der Waals surface area contributed by atoms with E-state index in [0.29, 0.717) is 22.3 Å². The fourth-order valence-corrected chi connectivity index (χ4v) is 4.47. The zero-order chi connectivity index (χ0) is 21.8. The summed E-state index contributed by atoms with van der Waals surface area (Å²) in [5.41, 5.74) is 4.91. The number of benzene rings is 2. The molecule has 4 rings (SSSR count). The van der Waals surface area contributed by atoms with E-state index in [-0.39, 0.29) is 17.4 Å². The van der Waals surface area contributed by atoms with Gasteiger partial charge in [0.25, 0.3) is 11.5 Å². The number of para-hydroxylation sites is 1. The van der Waals surface area contributed by atoms with Crippen molar-refractivity contribution in [2.75, 3.05) is 23.4 Å². The number of nitrogens with one attached hydrogen (secondary N) is 1. The highest BCUT2D eigenvalue weighted by molar-refractivity contribution is 6.00. The highest BCUT2D eigenvalue weighted by Gasteiger charge is 2.23. The number of rotatable bonds is 6. The minimum Gasteiger partial charge on any atom is -0.372 e. The van der Waals surface area contributed by atoms with Crippen molar-refractivity contribution in [1.82, 2.24) is 9.66 Å². The Labute approximate surface area is 182 Å². The van der Waals surface area contributed by atoms with Gasteiger partial charge in [-0.05, 0) is 63.1 Å². The number of fused-ring (bicyclic) bond motifs is 1. The van der Waals surface area contributed by atoms with Crippen LogP contribution in [0.1, 0.15) is 68.1 Å². The molecule has 0 saturated heterocycles. The summed E-state index contributed by atoms with van der Waals surface area (Å²) in [4.78, 5) is 33.4. The normalized spacial score (nSPS) is 14.5. The van der Waals surface area contributed by atoms with Gasteiger partial charge in [0.15, 0.2) is 0 Å². The molecule has 0 spiro atoms. The van der Waals surface area contributed by atoms with Gasteiger partial charge in [0.05, 0.1) is 10.9 Å². The van der Waals surface area contributed by atoms with Gasteiger partial charge in [-0.3, -0.25) is 15.0 Å². The summed E-state index contributed by atoms with van der Waals surface area (Å²) in [5, 5.41) is 0.513. The zero-order valence-electron chi connectivity index (χ0n) is 18.3. The third-order valence-corrected chi connectivity index (χ3v) is 6.24. The lowest BCUT2D eigenvalue weighted by molar-refractivity contribution is 0.101. The van der Waals surface area contributed by atoms with Crippen molar-refractivity contribution in [3.8, 4) is 0 Å². The van der Waals surface area contributed by atoms with Gasteiger partial charge >= 0.3 is 0 Å². The number of amides is 1. The van der Waals surface area contributed by atoms with Gasteiger partial charge in [0.2, 0.25) is 0 Å². The number of carbonyl (C=O) groups is 1. The molecule has 162 valence electrons. The number of nitrogens with zero attached hydrogens (tertiary/aromatic N) is 3. The molecule has 0 radical (unpaired) electrons. The monoisotopic (exact) mass is 418 g/mol. The van der Waals surface area contributed by atoms with Crippen LogP contribution in [0, 0.1) is 0 Å².